The van der Waals surface area contributed by atoms with Gasteiger partial charge in [-0.3, -0.25) is 4.79 Å². The molecule has 1 amide bonds. The van der Waals surface area contributed by atoms with Gasteiger partial charge in [0, 0.05) is 47.8 Å². The maximum absolute atomic E-state index is 13.1. The lowest BCUT2D eigenvalue weighted by molar-refractivity contribution is 0.0684. The monoisotopic (exact) mass is 365 g/mol. The van der Waals surface area contributed by atoms with E-state index < -0.39 is 0 Å². The van der Waals surface area contributed by atoms with Crippen LogP contribution in [0, 0.1) is 12.8 Å². The molecule has 1 aliphatic heterocycles. The Morgan fingerprint density at radius 3 is 2.69 bits per heavy atom. The number of aromatic nitrogens is 2. The SMILES string of the molecule is Cc1scc(C(=O)N2CCC(Cn3ccnc3)CC2)c1-c1ccccc1. The Kier molecular flexibility index (Phi) is 4.89. The number of aryl methyl sites for hydroxylation is 1. The van der Waals surface area contributed by atoms with Crippen molar-refractivity contribution in [3.63, 3.8) is 0 Å². The van der Waals surface area contributed by atoms with Gasteiger partial charge >= 0.3 is 0 Å². The number of hydrogen-bond donors (Lipinski definition) is 0. The Bertz CT molecular complexity index is 862. The average molecular weight is 366 g/mol. The van der Waals surface area contributed by atoms with E-state index >= 15 is 0 Å². The molecule has 1 saturated heterocycles. The molecule has 134 valence electrons. The smallest absolute Gasteiger partial charge is 0.255 e. The molecule has 0 N–H and O–H groups in total. The van der Waals surface area contributed by atoms with Crippen LogP contribution in [0.25, 0.3) is 11.1 Å². The fourth-order valence-corrected chi connectivity index (χ4v) is 4.62. The molecule has 3 heterocycles. The molecular formula is C21H23N3OS. The molecule has 1 aromatic carbocycles. The number of hydrogen-bond acceptors (Lipinski definition) is 3. The third kappa shape index (κ3) is 3.44. The molecule has 4 rings (SSSR count). The number of likely N-dealkylation sites (tertiary alicyclic amines) is 1. The zero-order valence-corrected chi connectivity index (χ0v) is 15.8. The second kappa shape index (κ2) is 7.46. The zero-order chi connectivity index (χ0) is 17.9. The summed E-state index contributed by atoms with van der Waals surface area (Å²) in [5, 5.41) is 2.03. The van der Waals surface area contributed by atoms with Crippen molar-refractivity contribution in [2.45, 2.75) is 26.3 Å². The maximum atomic E-state index is 13.1. The standard InChI is InChI=1S/C21H23N3OS/c1-16-20(18-5-3-2-4-6-18)19(14-26-16)21(25)24-10-7-17(8-11-24)13-23-12-9-22-15-23/h2-6,9,12,14-15,17H,7-8,10-11,13H2,1H3. The number of piperidine rings is 1. The van der Waals surface area contributed by atoms with Crippen LogP contribution in [-0.4, -0.2) is 33.4 Å². The van der Waals surface area contributed by atoms with Crippen LogP contribution >= 0.6 is 11.3 Å². The number of benzene rings is 1. The molecule has 1 aliphatic rings. The predicted octanol–water partition coefficient (Wildman–Crippen LogP) is 4.47. The van der Waals surface area contributed by atoms with Gasteiger partial charge in [0.15, 0.2) is 0 Å². The van der Waals surface area contributed by atoms with Crippen LogP contribution in [-0.2, 0) is 6.54 Å². The minimum atomic E-state index is 0.175. The Labute approximate surface area is 158 Å². The Morgan fingerprint density at radius 1 is 1.23 bits per heavy atom. The first-order chi connectivity index (χ1) is 12.7. The van der Waals surface area contributed by atoms with Crippen LogP contribution < -0.4 is 0 Å². The highest BCUT2D eigenvalue weighted by molar-refractivity contribution is 7.10. The van der Waals surface area contributed by atoms with Crippen LogP contribution in [0.5, 0.6) is 0 Å². The molecule has 0 aliphatic carbocycles. The molecule has 0 saturated carbocycles. The molecule has 2 aromatic heterocycles. The molecule has 0 radical (unpaired) electrons. The molecule has 0 spiro atoms. The third-order valence-electron chi connectivity index (χ3n) is 5.20. The highest BCUT2D eigenvalue weighted by Crippen LogP contribution is 2.33. The number of rotatable bonds is 4. The van der Waals surface area contributed by atoms with Gasteiger partial charge in [0.25, 0.3) is 5.91 Å². The number of carbonyl (C=O) groups is 1. The van der Waals surface area contributed by atoms with E-state index in [1.165, 1.54) is 4.88 Å². The van der Waals surface area contributed by atoms with E-state index in [0.717, 1.165) is 49.2 Å². The summed E-state index contributed by atoms with van der Waals surface area (Å²) < 4.78 is 2.14. The topological polar surface area (TPSA) is 38.1 Å². The van der Waals surface area contributed by atoms with E-state index in [2.05, 4.69) is 28.6 Å². The van der Waals surface area contributed by atoms with Crippen molar-refractivity contribution in [1.29, 1.82) is 0 Å². The summed E-state index contributed by atoms with van der Waals surface area (Å²) in [6.07, 6.45) is 7.81. The largest absolute Gasteiger partial charge is 0.339 e. The van der Waals surface area contributed by atoms with Gasteiger partial charge in [-0.1, -0.05) is 30.3 Å². The number of amides is 1. The van der Waals surface area contributed by atoms with Crippen LogP contribution in [0.3, 0.4) is 0 Å². The first-order valence-electron chi connectivity index (χ1n) is 9.11. The molecule has 1 fully saturated rings. The van der Waals surface area contributed by atoms with Gasteiger partial charge in [0.2, 0.25) is 0 Å². The normalized spacial score (nSPS) is 15.3. The van der Waals surface area contributed by atoms with Crippen molar-refractivity contribution in [3.8, 4) is 11.1 Å². The number of imidazole rings is 1. The Hall–Kier alpha value is -2.40. The first-order valence-corrected chi connectivity index (χ1v) is 9.99. The second-order valence-corrected chi connectivity index (χ2v) is 8.03. The molecular weight excluding hydrogens is 342 g/mol. The molecule has 3 aromatic rings. The lowest BCUT2D eigenvalue weighted by Crippen LogP contribution is -2.39. The van der Waals surface area contributed by atoms with Crippen molar-refractivity contribution < 1.29 is 4.79 Å². The molecule has 4 nitrogen and oxygen atoms in total. The third-order valence-corrected chi connectivity index (χ3v) is 6.11. The van der Waals surface area contributed by atoms with Crippen molar-refractivity contribution in [2.75, 3.05) is 13.1 Å². The summed E-state index contributed by atoms with van der Waals surface area (Å²) in [5.41, 5.74) is 3.08. The first kappa shape index (κ1) is 17.0. The predicted molar refractivity (Wildman–Crippen MR) is 105 cm³/mol. The van der Waals surface area contributed by atoms with Crippen molar-refractivity contribution in [2.24, 2.45) is 5.92 Å². The summed E-state index contributed by atoms with van der Waals surface area (Å²) in [5.74, 6) is 0.792. The molecule has 0 bridgehead atoms. The van der Waals surface area contributed by atoms with Crippen molar-refractivity contribution in [3.05, 3.63) is 64.9 Å². The molecule has 5 heteroatoms. The average Bonchev–Trinajstić information content (AvgIpc) is 3.32. The van der Waals surface area contributed by atoms with E-state index in [1.54, 1.807) is 11.3 Å². The maximum Gasteiger partial charge on any atom is 0.255 e. The van der Waals surface area contributed by atoms with Gasteiger partial charge in [0.1, 0.15) is 0 Å². The molecule has 0 unspecified atom stereocenters. The number of nitrogens with zero attached hydrogens (tertiary/aromatic N) is 3. The summed E-state index contributed by atoms with van der Waals surface area (Å²) in [6.45, 7) is 4.76. The van der Waals surface area contributed by atoms with E-state index in [-0.39, 0.29) is 5.91 Å². The fraction of sp³-hybridized carbons (Fsp3) is 0.333. The van der Waals surface area contributed by atoms with E-state index in [4.69, 9.17) is 0 Å². The van der Waals surface area contributed by atoms with E-state index in [1.807, 2.05) is 47.2 Å². The van der Waals surface area contributed by atoms with Gasteiger partial charge in [-0.25, -0.2) is 4.98 Å². The highest BCUT2D eigenvalue weighted by atomic mass is 32.1. The van der Waals surface area contributed by atoms with Gasteiger partial charge in [-0.15, -0.1) is 11.3 Å². The quantitative estimate of drug-likeness (QED) is 0.684. The van der Waals surface area contributed by atoms with Crippen molar-refractivity contribution in [1.82, 2.24) is 14.5 Å². The molecule has 26 heavy (non-hydrogen) atoms. The highest BCUT2D eigenvalue weighted by Gasteiger charge is 2.26. The minimum absolute atomic E-state index is 0.175. The summed E-state index contributed by atoms with van der Waals surface area (Å²) >= 11 is 1.66. The Morgan fingerprint density at radius 2 is 2.00 bits per heavy atom. The Balaban J connectivity index is 1.46. The van der Waals surface area contributed by atoms with E-state index in [0.29, 0.717) is 5.92 Å². The summed E-state index contributed by atoms with van der Waals surface area (Å²) in [7, 11) is 0. The summed E-state index contributed by atoms with van der Waals surface area (Å²) in [6, 6.07) is 10.2. The van der Waals surface area contributed by atoms with Crippen LogP contribution in [0.1, 0.15) is 28.1 Å². The lowest BCUT2D eigenvalue weighted by Gasteiger charge is -2.32. The van der Waals surface area contributed by atoms with Crippen molar-refractivity contribution >= 4 is 17.2 Å². The van der Waals surface area contributed by atoms with Gasteiger partial charge in [-0.2, -0.15) is 0 Å². The number of thiophene rings is 1. The van der Waals surface area contributed by atoms with Gasteiger partial charge < -0.3 is 9.47 Å². The van der Waals surface area contributed by atoms with Crippen LogP contribution in [0.2, 0.25) is 0 Å². The van der Waals surface area contributed by atoms with Crippen LogP contribution in [0.15, 0.2) is 54.4 Å². The van der Waals surface area contributed by atoms with Gasteiger partial charge in [0.05, 0.1) is 11.9 Å². The van der Waals surface area contributed by atoms with E-state index in [9.17, 15) is 4.79 Å². The van der Waals surface area contributed by atoms with Gasteiger partial charge in [-0.05, 0) is 31.2 Å². The fourth-order valence-electron chi connectivity index (χ4n) is 3.76. The summed E-state index contributed by atoms with van der Waals surface area (Å²) in [4.78, 5) is 20.5. The second-order valence-electron chi connectivity index (χ2n) is 6.94. The molecule has 0 atom stereocenters. The lowest BCUT2D eigenvalue weighted by atomic mass is 9.95. The van der Waals surface area contributed by atoms with Crippen LogP contribution in [0.4, 0.5) is 0 Å². The minimum Gasteiger partial charge on any atom is -0.339 e. The number of carbonyl (C=O) groups excluding carboxylic acids is 1. The zero-order valence-electron chi connectivity index (χ0n) is 15.0.